The number of rotatable bonds is 6. The van der Waals surface area contributed by atoms with Crippen LogP contribution in [0.1, 0.15) is 25.1 Å². The average Bonchev–Trinajstić information content (AvgIpc) is 3.05. The number of carbonyl (C=O) groups is 1. The van der Waals surface area contributed by atoms with Gasteiger partial charge in [-0.1, -0.05) is 0 Å². The monoisotopic (exact) mass is 373 g/mol. The molecule has 2 heterocycles. The van der Waals surface area contributed by atoms with Gasteiger partial charge in [0, 0.05) is 24.0 Å². The second-order valence-electron chi connectivity index (χ2n) is 5.76. The lowest BCUT2D eigenvalue weighted by Gasteiger charge is -2.24. The standard InChI is InChI=1S/C15H24BrN3OS/c1-3-19(9-13-4-5-14(16)21-13)15(20)10-18-7-6-12(8-18)11(2)17/h4-5,11-12H,3,6-10,17H2,1-2H3. The first-order valence-electron chi connectivity index (χ1n) is 7.49. The lowest BCUT2D eigenvalue weighted by molar-refractivity contribution is -0.132. The van der Waals surface area contributed by atoms with Crippen LogP contribution in [0, 0.1) is 5.92 Å². The molecule has 0 aliphatic carbocycles. The number of likely N-dealkylation sites (N-methyl/N-ethyl adjacent to an activating group) is 1. The number of amides is 1. The molecule has 21 heavy (non-hydrogen) atoms. The van der Waals surface area contributed by atoms with E-state index < -0.39 is 0 Å². The fourth-order valence-corrected chi connectivity index (χ4v) is 4.23. The Labute approximate surface area is 139 Å². The number of halogens is 1. The molecule has 1 amide bonds. The minimum absolute atomic E-state index is 0.215. The molecule has 0 saturated carbocycles. The molecule has 1 aliphatic heterocycles. The SMILES string of the molecule is CCN(Cc1ccc(Br)s1)C(=O)CN1CCC(C(C)N)C1. The Bertz CT molecular complexity index is 477. The van der Waals surface area contributed by atoms with E-state index in [0.717, 1.165) is 29.8 Å². The van der Waals surface area contributed by atoms with Gasteiger partial charge in [-0.3, -0.25) is 9.69 Å². The number of likely N-dealkylation sites (tertiary alicyclic amines) is 1. The van der Waals surface area contributed by atoms with Crippen LogP contribution in [0.2, 0.25) is 0 Å². The molecule has 0 bridgehead atoms. The summed E-state index contributed by atoms with van der Waals surface area (Å²) in [5, 5.41) is 0. The van der Waals surface area contributed by atoms with Crippen molar-refractivity contribution in [2.75, 3.05) is 26.2 Å². The zero-order valence-electron chi connectivity index (χ0n) is 12.7. The third kappa shape index (κ3) is 4.77. The molecule has 0 radical (unpaired) electrons. The molecule has 4 nitrogen and oxygen atoms in total. The van der Waals surface area contributed by atoms with Crippen molar-refractivity contribution < 1.29 is 4.79 Å². The van der Waals surface area contributed by atoms with E-state index in [-0.39, 0.29) is 11.9 Å². The van der Waals surface area contributed by atoms with Crippen LogP contribution in [-0.4, -0.2) is 47.9 Å². The van der Waals surface area contributed by atoms with E-state index in [1.807, 2.05) is 17.9 Å². The summed E-state index contributed by atoms with van der Waals surface area (Å²) < 4.78 is 1.11. The van der Waals surface area contributed by atoms with Gasteiger partial charge in [0.2, 0.25) is 5.91 Å². The maximum atomic E-state index is 12.5. The second kappa shape index (κ2) is 7.72. The van der Waals surface area contributed by atoms with Crippen LogP contribution < -0.4 is 5.73 Å². The molecule has 0 aromatic carbocycles. The first kappa shape index (κ1) is 16.9. The molecular formula is C15H24BrN3OS. The van der Waals surface area contributed by atoms with Crippen LogP contribution in [-0.2, 0) is 11.3 Å². The van der Waals surface area contributed by atoms with E-state index in [1.165, 1.54) is 4.88 Å². The van der Waals surface area contributed by atoms with Crippen LogP contribution in [0.25, 0.3) is 0 Å². The predicted molar refractivity (Wildman–Crippen MR) is 91.3 cm³/mol. The highest BCUT2D eigenvalue weighted by molar-refractivity contribution is 9.11. The number of hydrogen-bond donors (Lipinski definition) is 1. The van der Waals surface area contributed by atoms with Gasteiger partial charge in [-0.15, -0.1) is 11.3 Å². The van der Waals surface area contributed by atoms with Gasteiger partial charge in [0.05, 0.1) is 16.9 Å². The summed E-state index contributed by atoms with van der Waals surface area (Å²) in [6.07, 6.45) is 1.11. The van der Waals surface area contributed by atoms with Crippen molar-refractivity contribution in [3.05, 3.63) is 20.8 Å². The van der Waals surface area contributed by atoms with E-state index in [4.69, 9.17) is 5.73 Å². The molecule has 0 spiro atoms. The third-order valence-corrected chi connectivity index (χ3v) is 5.73. The smallest absolute Gasteiger partial charge is 0.237 e. The Morgan fingerprint density at radius 3 is 2.90 bits per heavy atom. The van der Waals surface area contributed by atoms with Crippen LogP contribution >= 0.6 is 27.3 Å². The van der Waals surface area contributed by atoms with Crippen molar-refractivity contribution in [3.63, 3.8) is 0 Å². The maximum absolute atomic E-state index is 12.5. The van der Waals surface area contributed by atoms with Gasteiger partial charge in [-0.25, -0.2) is 0 Å². The van der Waals surface area contributed by atoms with E-state index in [0.29, 0.717) is 19.0 Å². The second-order valence-corrected chi connectivity index (χ2v) is 8.30. The first-order valence-corrected chi connectivity index (χ1v) is 9.10. The molecule has 1 saturated heterocycles. The van der Waals surface area contributed by atoms with Gasteiger partial charge in [-0.05, 0) is 60.8 Å². The van der Waals surface area contributed by atoms with Crippen molar-refractivity contribution in [3.8, 4) is 0 Å². The van der Waals surface area contributed by atoms with E-state index in [9.17, 15) is 4.79 Å². The Hall–Kier alpha value is -0.430. The number of thiophene rings is 1. The van der Waals surface area contributed by atoms with Gasteiger partial charge in [0.15, 0.2) is 0 Å². The molecule has 2 rings (SSSR count). The molecule has 1 fully saturated rings. The summed E-state index contributed by atoms with van der Waals surface area (Å²) in [7, 11) is 0. The summed E-state index contributed by atoms with van der Waals surface area (Å²) in [6.45, 7) is 8.00. The Balaban J connectivity index is 1.86. The molecule has 1 aromatic rings. The fraction of sp³-hybridized carbons (Fsp3) is 0.667. The Kier molecular flexibility index (Phi) is 6.22. The quantitative estimate of drug-likeness (QED) is 0.833. The highest BCUT2D eigenvalue weighted by atomic mass is 79.9. The lowest BCUT2D eigenvalue weighted by atomic mass is 10.0. The largest absolute Gasteiger partial charge is 0.337 e. The van der Waals surface area contributed by atoms with Crippen LogP contribution in [0.3, 0.4) is 0 Å². The van der Waals surface area contributed by atoms with E-state index in [1.54, 1.807) is 11.3 Å². The molecule has 118 valence electrons. The molecule has 1 aromatic heterocycles. The zero-order valence-corrected chi connectivity index (χ0v) is 15.1. The molecule has 2 N–H and O–H groups in total. The summed E-state index contributed by atoms with van der Waals surface area (Å²) in [4.78, 5) is 17.8. The summed E-state index contributed by atoms with van der Waals surface area (Å²) in [5.74, 6) is 0.744. The Morgan fingerprint density at radius 1 is 1.62 bits per heavy atom. The molecule has 2 unspecified atom stereocenters. The topological polar surface area (TPSA) is 49.6 Å². The van der Waals surface area contributed by atoms with Crippen LogP contribution in [0.5, 0.6) is 0 Å². The van der Waals surface area contributed by atoms with Crippen molar-refractivity contribution >= 4 is 33.2 Å². The fourth-order valence-electron chi connectivity index (χ4n) is 2.73. The number of carbonyl (C=O) groups excluding carboxylic acids is 1. The van der Waals surface area contributed by atoms with Crippen LogP contribution in [0.4, 0.5) is 0 Å². The highest BCUT2D eigenvalue weighted by Crippen LogP contribution is 2.23. The van der Waals surface area contributed by atoms with Crippen LogP contribution in [0.15, 0.2) is 15.9 Å². The van der Waals surface area contributed by atoms with Crippen molar-refractivity contribution in [1.82, 2.24) is 9.80 Å². The van der Waals surface area contributed by atoms with Gasteiger partial charge in [0.25, 0.3) is 0 Å². The van der Waals surface area contributed by atoms with Gasteiger partial charge < -0.3 is 10.6 Å². The Morgan fingerprint density at radius 2 is 2.38 bits per heavy atom. The summed E-state index contributed by atoms with van der Waals surface area (Å²) in [6, 6.07) is 4.33. The maximum Gasteiger partial charge on any atom is 0.237 e. The van der Waals surface area contributed by atoms with Gasteiger partial charge in [0.1, 0.15) is 0 Å². The lowest BCUT2D eigenvalue weighted by Crippen LogP contribution is -2.39. The average molecular weight is 374 g/mol. The normalized spacial score (nSPS) is 20.7. The summed E-state index contributed by atoms with van der Waals surface area (Å²) >= 11 is 5.16. The number of nitrogens with zero attached hydrogens (tertiary/aromatic N) is 2. The van der Waals surface area contributed by atoms with E-state index in [2.05, 4.69) is 33.8 Å². The minimum atomic E-state index is 0.215. The number of nitrogens with two attached hydrogens (primary N) is 1. The molecular weight excluding hydrogens is 350 g/mol. The summed E-state index contributed by atoms with van der Waals surface area (Å²) in [5.41, 5.74) is 5.96. The molecule has 6 heteroatoms. The third-order valence-electron chi connectivity index (χ3n) is 4.12. The van der Waals surface area contributed by atoms with Gasteiger partial charge in [-0.2, -0.15) is 0 Å². The predicted octanol–water partition coefficient (Wildman–Crippen LogP) is 2.53. The van der Waals surface area contributed by atoms with Crippen molar-refractivity contribution in [1.29, 1.82) is 0 Å². The highest BCUT2D eigenvalue weighted by Gasteiger charge is 2.27. The molecule has 1 aliphatic rings. The number of hydrogen-bond acceptors (Lipinski definition) is 4. The van der Waals surface area contributed by atoms with Crippen molar-refractivity contribution in [2.24, 2.45) is 11.7 Å². The van der Waals surface area contributed by atoms with Crippen molar-refractivity contribution in [2.45, 2.75) is 32.9 Å². The first-order chi connectivity index (χ1) is 9.99. The minimum Gasteiger partial charge on any atom is -0.337 e. The van der Waals surface area contributed by atoms with E-state index >= 15 is 0 Å². The molecule has 2 atom stereocenters. The zero-order chi connectivity index (χ0) is 15.4. The van der Waals surface area contributed by atoms with Gasteiger partial charge >= 0.3 is 0 Å².